The predicted octanol–water partition coefficient (Wildman–Crippen LogP) is 4.02. The van der Waals surface area contributed by atoms with E-state index in [9.17, 15) is 0 Å². The van der Waals surface area contributed by atoms with E-state index in [2.05, 4.69) is 41.5 Å². The molecule has 3 nitrogen and oxygen atoms in total. The molecule has 1 unspecified atom stereocenters. The number of aryl methyl sites for hydroxylation is 2. The Balaban J connectivity index is 2.31. The minimum Gasteiger partial charge on any atom is -0.307 e. The molecule has 0 saturated heterocycles. The van der Waals surface area contributed by atoms with Crippen LogP contribution in [0.5, 0.6) is 0 Å². The third-order valence-electron chi connectivity index (χ3n) is 4.06. The van der Waals surface area contributed by atoms with Gasteiger partial charge in [-0.2, -0.15) is 10.2 Å². The van der Waals surface area contributed by atoms with Crippen LogP contribution in [0.3, 0.4) is 0 Å². The van der Waals surface area contributed by atoms with Crippen molar-refractivity contribution in [3.05, 3.63) is 34.7 Å². The van der Waals surface area contributed by atoms with Gasteiger partial charge in [-0.3, -0.25) is 0 Å². The summed E-state index contributed by atoms with van der Waals surface area (Å²) in [5.74, 6) is 0. The monoisotopic (exact) mass is 273 g/mol. The lowest BCUT2D eigenvalue weighted by Crippen LogP contribution is -2.24. The van der Waals surface area contributed by atoms with Crippen LogP contribution in [0.15, 0.2) is 17.7 Å². The van der Waals surface area contributed by atoms with E-state index in [1.807, 2.05) is 6.92 Å². The van der Waals surface area contributed by atoms with Crippen LogP contribution in [-0.2, 0) is 0 Å². The molecule has 0 aliphatic heterocycles. The Hall–Kier alpha value is -1.22. The summed E-state index contributed by atoms with van der Waals surface area (Å²) in [5, 5.41) is 12.1. The summed E-state index contributed by atoms with van der Waals surface area (Å²) < 4.78 is 0. The molecule has 0 aromatic carbocycles. The SMILES string of the molecule is CCNC(/C1=C/CCCCCC1)c1cc(C)nnc1C. The maximum absolute atomic E-state index is 4.30. The maximum Gasteiger partial charge on any atom is 0.0651 e. The molecule has 1 atom stereocenters. The zero-order valence-corrected chi connectivity index (χ0v) is 13.1. The van der Waals surface area contributed by atoms with Crippen molar-refractivity contribution in [3.8, 4) is 0 Å². The minimum atomic E-state index is 0.312. The van der Waals surface area contributed by atoms with Crippen LogP contribution in [0.4, 0.5) is 0 Å². The van der Waals surface area contributed by atoms with E-state index in [0.717, 1.165) is 17.9 Å². The van der Waals surface area contributed by atoms with Gasteiger partial charge >= 0.3 is 0 Å². The molecule has 0 radical (unpaired) electrons. The Labute approximate surface area is 122 Å². The van der Waals surface area contributed by atoms with Crippen LogP contribution >= 0.6 is 0 Å². The molecular formula is C17H27N3. The molecule has 0 bridgehead atoms. The minimum absolute atomic E-state index is 0.312. The number of nitrogens with zero attached hydrogens (tertiary/aromatic N) is 2. The van der Waals surface area contributed by atoms with Crippen molar-refractivity contribution < 1.29 is 0 Å². The lowest BCUT2D eigenvalue weighted by atomic mass is 9.90. The zero-order valence-electron chi connectivity index (χ0n) is 13.1. The van der Waals surface area contributed by atoms with Crippen LogP contribution in [0.2, 0.25) is 0 Å². The fourth-order valence-corrected chi connectivity index (χ4v) is 2.99. The molecule has 20 heavy (non-hydrogen) atoms. The van der Waals surface area contributed by atoms with Gasteiger partial charge in [0.05, 0.1) is 17.4 Å². The van der Waals surface area contributed by atoms with Crippen molar-refractivity contribution in [1.82, 2.24) is 15.5 Å². The number of rotatable bonds is 4. The van der Waals surface area contributed by atoms with Crippen LogP contribution < -0.4 is 5.32 Å². The maximum atomic E-state index is 4.30. The van der Waals surface area contributed by atoms with Gasteiger partial charge in [0, 0.05) is 0 Å². The predicted molar refractivity (Wildman–Crippen MR) is 83.7 cm³/mol. The van der Waals surface area contributed by atoms with Crippen molar-refractivity contribution in [3.63, 3.8) is 0 Å². The van der Waals surface area contributed by atoms with Crippen LogP contribution in [0, 0.1) is 13.8 Å². The summed E-state index contributed by atoms with van der Waals surface area (Å²) in [7, 11) is 0. The van der Waals surface area contributed by atoms with Crippen molar-refractivity contribution in [2.75, 3.05) is 6.54 Å². The summed E-state index contributed by atoms with van der Waals surface area (Å²) in [6, 6.07) is 2.50. The molecule has 2 rings (SSSR count). The smallest absolute Gasteiger partial charge is 0.0651 e. The van der Waals surface area contributed by atoms with Gasteiger partial charge in [-0.25, -0.2) is 0 Å². The van der Waals surface area contributed by atoms with Crippen molar-refractivity contribution >= 4 is 0 Å². The first-order valence-electron chi connectivity index (χ1n) is 7.95. The molecule has 0 fully saturated rings. The number of allylic oxidation sites excluding steroid dienone is 1. The topological polar surface area (TPSA) is 37.8 Å². The first kappa shape index (κ1) is 15.2. The molecule has 1 aliphatic rings. The number of hydrogen-bond acceptors (Lipinski definition) is 3. The molecule has 0 amide bonds. The quantitative estimate of drug-likeness (QED) is 0.842. The van der Waals surface area contributed by atoms with E-state index in [4.69, 9.17) is 0 Å². The van der Waals surface area contributed by atoms with Gasteiger partial charge in [-0.05, 0) is 57.7 Å². The van der Waals surface area contributed by atoms with Gasteiger partial charge in [0.25, 0.3) is 0 Å². The molecule has 1 aliphatic carbocycles. The molecule has 1 aromatic heterocycles. The van der Waals surface area contributed by atoms with E-state index in [1.165, 1.54) is 44.1 Å². The summed E-state index contributed by atoms with van der Waals surface area (Å²) in [4.78, 5) is 0. The zero-order chi connectivity index (χ0) is 14.4. The molecule has 0 spiro atoms. The second-order valence-corrected chi connectivity index (χ2v) is 5.75. The number of likely N-dealkylation sites (N-methyl/N-ethyl adjacent to an activating group) is 1. The first-order chi connectivity index (χ1) is 9.72. The Bertz CT molecular complexity index is 465. The second-order valence-electron chi connectivity index (χ2n) is 5.75. The summed E-state index contributed by atoms with van der Waals surface area (Å²) >= 11 is 0. The number of hydrogen-bond donors (Lipinski definition) is 1. The molecule has 1 N–H and O–H groups in total. The van der Waals surface area contributed by atoms with Crippen molar-refractivity contribution in [2.24, 2.45) is 0 Å². The lowest BCUT2D eigenvalue weighted by Gasteiger charge is -2.24. The fourth-order valence-electron chi connectivity index (χ4n) is 2.99. The average Bonchev–Trinajstić information content (AvgIpc) is 2.40. The summed E-state index contributed by atoms with van der Waals surface area (Å²) in [6.45, 7) is 7.23. The van der Waals surface area contributed by atoms with E-state index < -0.39 is 0 Å². The standard InChI is InChI=1S/C17H27N3/c1-4-18-17(15-10-8-6-5-7-9-11-15)16-12-13(2)19-20-14(16)3/h10,12,17-18H,4-9,11H2,1-3H3/b15-10+. The van der Waals surface area contributed by atoms with Crippen LogP contribution in [0.1, 0.15) is 68.4 Å². The Kier molecular flexibility index (Phi) is 5.72. The lowest BCUT2D eigenvalue weighted by molar-refractivity contribution is 0.549. The van der Waals surface area contributed by atoms with E-state index >= 15 is 0 Å². The number of aromatic nitrogens is 2. The van der Waals surface area contributed by atoms with Gasteiger partial charge in [-0.1, -0.05) is 31.4 Å². The average molecular weight is 273 g/mol. The summed E-state index contributed by atoms with van der Waals surface area (Å²) in [5.41, 5.74) is 4.89. The number of nitrogens with one attached hydrogen (secondary N) is 1. The molecule has 110 valence electrons. The van der Waals surface area contributed by atoms with Crippen molar-refractivity contribution in [2.45, 2.75) is 65.3 Å². The van der Waals surface area contributed by atoms with Crippen molar-refractivity contribution in [1.29, 1.82) is 0 Å². The summed E-state index contributed by atoms with van der Waals surface area (Å²) in [6.07, 6.45) is 10.3. The van der Waals surface area contributed by atoms with Crippen LogP contribution in [-0.4, -0.2) is 16.7 Å². The van der Waals surface area contributed by atoms with Gasteiger partial charge in [0.1, 0.15) is 0 Å². The van der Waals surface area contributed by atoms with Gasteiger partial charge < -0.3 is 5.32 Å². The van der Waals surface area contributed by atoms with Crippen LogP contribution in [0.25, 0.3) is 0 Å². The van der Waals surface area contributed by atoms with Gasteiger partial charge in [0.15, 0.2) is 0 Å². The van der Waals surface area contributed by atoms with E-state index in [-0.39, 0.29) is 0 Å². The Morgan fingerprint density at radius 2 is 1.95 bits per heavy atom. The highest BCUT2D eigenvalue weighted by Crippen LogP contribution is 2.30. The Morgan fingerprint density at radius 3 is 2.75 bits per heavy atom. The molecule has 3 heteroatoms. The third-order valence-corrected chi connectivity index (χ3v) is 4.06. The third kappa shape index (κ3) is 3.89. The second kappa shape index (κ2) is 7.53. The first-order valence-corrected chi connectivity index (χ1v) is 7.95. The normalized spacial score (nSPS) is 20.6. The van der Waals surface area contributed by atoms with Gasteiger partial charge in [0.2, 0.25) is 0 Å². The largest absolute Gasteiger partial charge is 0.307 e. The van der Waals surface area contributed by atoms with E-state index in [1.54, 1.807) is 5.57 Å². The molecule has 1 heterocycles. The Morgan fingerprint density at radius 1 is 1.15 bits per heavy atom. The van der Waals surface area contributed by atoms with E-state index in [0.29, 0.717) is 6.04 Å². The molecule has 0 saturated carbocycles. The molecule has 1 aromatic rings. The fraction of sp³-hybridized carbons (Fsp3) is 0.647. The van der Waals surface area contributed by atoms with Gasteiger partial charge in [-0.15, -0.1) is 0 Å². The highest BCUT2D eigenvalue weighted by atomic mass is 15.1. The molecular weight excluding hydrogens is 246 g/mol. The highest BCUT2D eigenvalue weighted by Gasteiger charge is 2.19. The highest BCUT2D eigenvalue weighted by molar-refractivity contribution is 5.31.